The van der Waals surface area contributed by atoms with Gasteiger partial charge in [-0.2, -0.15) is 0 Å². The number of para-hydroxylation sites is 1. The van der Waals surface area contributed by atoms with Crippen molar-refractivity contribution in [3.8, 4) is 0 Å². The maximum absolute atomic E-state index is 5.52. The van der Waals surface area contributed by atoms with Crippen LogP contribution in [0.3, 0.4) is 0 Å². The number of anilines is 1. The molecule has 0 saturated carbocycles. The number of nitrogens with two attached hydrogens (primary N) is 1. The summed E-state index contributed by atoms with van der Waals surface area (Å²) < 4.78 is 0. The van der Waals surface area contributed by atoms with Gasteiger partial charge in [0.15, 0.2) is 0 Å². The fourth-order valence-electron chi connectivity index (χ4n) is 1.57. The van der Waals surface area contributed by atoms with Crippen LogP contribution >= 0.6 is 0 Å². The van der Waals surface area contributed by atoms with Crippen molar-refractivity contribution < 1.29 is 0 Å². The van der Waals surface area contributed by atoms with Crippen LogP contribution in [0, 0.1) is 0 Å². The molecule has 0 bridgehead atoms. The minimum Gasteiger partial charge on any atom is -0.372 e. The van der Waals surface area contributed by atoms with Crippen molar-refractivity contribution in [2.45, 2.75) is 0 Å². The monoisotopic (exact) mass is 190 g/mol. The molecule has 3 N–H and O–H groups in total. The van der Waals surface area contributed by atoms with E-state index < -0.39 is 0 Å². The summed E-state index contributed by atoms with van der Waals surface area (Å²) in [6.45, 7) is 1.49. The Labute approximate surface area is 82.7 Å². The molecule has 0 radical (unpaired) electrons. The molecule has 4 heteroatoms. The molecular formula is C10H14N4. The molecule has 1 heterocycles. The summed E-state index contributed by atoms with van der Waals surface area (Å²) in [5.74, 6) is 0. The Morgan fingerprint density at radius 1 is 1.50 bits per heavy atom. The molecule has 0 spiro atoms. The fourth-order valence-corrected chi connectivity index (χ4v) is 1.57. The molecule has 74 valence electrons. The maximum atomic E-state index is 5.52. The number of imidazole rings is 1. The lowest BCUT2D eigenvalue weighted by molar-refractivity contribution is 0.888. The van der Waals surface area contributed by atoms with E-state index in [9.17, 15) is 0 Å². The summed E-state index contributed by atoms with van der Waals surface area (Å²) in [7, 11) is 2.02. The third-order valence-electron chi connectivity index (χ3n) is 2.30. The number of rotatable bonds is 3. The van der Waals surface area contributed by atoms with Gasteiger partial charge in [0.25, 0.3) is 0 Å². The Balaban J connectivity index is 2.45. The summed E-state index contributed by atoms with van der Waals surface area (Å²) in [5, 5.41) is 0. The standard InChI is InChI=1S/C10H14N4/c1-14(6-5-11)9-4-2-3-8-10(9)13-7-12-8/h2-4,7H,5-6,11H2,1H3,(H,12,13). The highest BCUT2D eigenvalue weighted by Gasteiger charge is 2.06. The van der Waals surface area contributed by atoms with Gasteiger partial charge >= 0.3 is 0 Å². The molecule has 0 amide bonds. The van der Waals surface area contributed by atoms with Crippen LogP contribution in [0.5, 0.6) is 0 Å². The van der Waals surface area contributed by atoms with Crippen LogP contribution in [0.1, 0.15) is 0 Å². The lowest BCUT2D eigenvalue weighted by Crippen LogP contribution is -2.25. The second kappa shape index (κ2) is 3.67. The third-order valence-corrected chi connectivity index (χ3v) is 2.30. The molecule has 0 aliphatic carbocycles. The van der Waals surface area contributed by atoms with E-state index in [0.717, 1.165) is 23.3 Å². The van der Waals surface area contributed by atoms with Gasteiger partial charge in [-0.3, -0.25) is 0 Å². The van der Waals surface area contributed by atoms with E-state index in [-0.39, 0.29) is 0 Å². The first-order valence-corrected chi connectivity index (χ1v) is 4.66. The number of aromatic nitrogens is 2. The van der Waals surface area contributed by atoms with Gasteiger partial charge in [-0.25, -0.2) is 4.98 Å². The second-order valence-electron chi connectivity index (χ2n) is 3.29. The Morgan fingerprint density at radius 3 is 3.14 bits per heavy atom. The van der Waals surface area contributed by atoms with Crippen LogP contribution in [0.4, 0.5) is 5.69 Å². The maximum Gasteiger partial charge on any atom is 0.112 e. The number of aromatic amines is 1. The number of nitrogens with zero attached hydrogens (tertiary/aromatic N) is 2. The largest absolute Gasteiger partial charge is 0.372 e. The summed E-state index contributed by atoms with van der Waals surface area (Å²) in [5.41, 5.74) is 8.70. The molecule has 0 aliphatic rings. The van der Waals surface area contributed by atoms with E-state index in [1.54, 1.807) is 6.33 Å². The predicted octanol–water partition coefficient (Wildman–Crippen LogP) is 0.958. The summed E-state index contributed by atoms with van der Waals surface area (Å²) in [6.07, 6.45) is 1.71. The molecule has 0 fully saturated rings. The molecule has 14 heavy (non-hydrogen) atoms. The van der Waals surface area contributed by atoms with Crippen molar-refractivity contribution in [3.63, 3.8) is 0 Å². The molecule has 0 atom stereocenters. The quantitative estimate of drug-likeness (QED) is 0.757. The summed E-state index contributed by atoms with van der Waals surface area (Å²) in [4.78, 5) is 9.49. The van der Waals surface area contributed by atoms with Crippen molar-refractivity contribution in [2.24, 2.45) is 5.73 Å². The highest BCUT2D eigenvalue weighted by Crippen LogP contribution is 2.22. The van der Waals surface area contributed by atoms with Crippen LogP contribution in [0.25, 0.3) is 11.0 Å². The van der Waals surface area contributed by atoms with Gasteiger partial charge in [0.2, 0.25) is 0 Å². The van der Waals surface area contributed by atoms with Crippen molar-refractivity contribution >= 4 is 16.7 Å². The number of likely N-dealkylation sites (N-methyl/N-ethyl adjacent to an activating group) is 1. The van der Waals surface area contributed by atoms with Crippen molar-refractivity contribution in [1.29, 1.82) is 0 Å². The zero-order valence-electron chi connectivity index (χ0n) is 8.20. The SMILES string of the molecule is CN(CCN)c1cccc2[nH]cnc12. The first-order valence-electron chi connectivity index (χ1n) is 4.66. The highest BCUT2D eigenvalue weighted by atomic mass is 15.1. The second-order valence-corrected chi connectivity index (χ2v) is 3.29. The Morgan fingerprint density at radius 2 is 2.36 bits per heavy atom. The molecular weight excluding hydrogens is 176 g/mol. The van der Waals surface area contributed by atoms with E-state index in [2.05, 4.69) is 20.9 Å². The number of nitrogens with one attached hydrogen (secondary N) is 1. The van der Waals surface area contributed by atoms with Crippen molar-refractivity contribution in [3.05, 3.63) is 24.5 Å². The van der Waals surface area contributed by atoms with Crippen LogP contribution in [0.2, 0.25) is 0 Å². The summed E-state index contributed by atoms with van der Waals surface area (Å²) >= 11 is 0. The Hall–Kier alpha value is -1.55. The van der Waals surface area contributed by atoms with Gasteiger partial charge in [-0.05, 0) is 12.1 Å². The summed E-state index contributed by atoms with van der Waals surface area (Å²) in [6, 6.07) is 6.09. The minimum absolute atomic E-state index is 0.650. The number of benzene rings is 1. The zero-order chi connectivity index (χ0) is 9.97. The zero-order valence-corrected chi connectivity index (χ0v) is 8.20. The average Bonchev–Trinajstić information content (AvgIpc) is 2.65. The van der Waals surface area contributed by atoms with Crippen molar-refractivity contribution in [1.82, 2.24) is 9.97 Å². The first kappa shape index (κ1) is 9.02. The first-order chi connectivity index (χ1) is 6.83. The van der Waals surface area contributed by atoms with Crippen molar-refractivity contribution in [2.75, 3.05) is 25.0 Å². The smallest absolute Gasteiger partial charge is 0.112 e. The van der Waals surface area contributed by atoms with Gasteiger partial charge in [0.05, 0.1) is 17.5 Å². The Kier molecular flexibility index (Phi) is 2.37. The normalized spacial score (nSPS) is 10.7. The lowest BCUT2D eigenvalue weighted by Gasteiger charge is -2.18. The van der Waals surface area contributed by atoms with E-state index >= 15 is 0 Å². The van der Waals surface area contributed by atoms with E-state index in [1.165, 1.54) is 0 Å². The molecule has 0 saturated heterocycles. The third kappa shape index (κ3) is 1.44. The number of H-pyrrole nitrogens is 1. The van der Waals surface area contributed by atoms with E-state index in [1.807, 2.05) is 19.2 Å². The van der Waals surface area contributed by atoms with Crippen LogP contribution in [-0.4, -0.2) is 30.1 Å². The topological polar surface area (TPSA) is 57.9 Å². The molecule has 0 aliphatic heterocycles. The molecule has 4 nitrogen and oxygen atoms in total. The molecule has 2 aromatic rings. The number of hydrogen-bond acceptors (Lipinski definition) is 3. The van der Waals surface area contributed by atoms with Gasteiger partial charge in [0, 0.05) is 20.1 Å². The number of hydrogen-bond donors (Lipinski definition) is 2. The van der Waals surface area contributed by atoms with Gasteiger partial charge in [-0.1, -0.05) is 6.07 Å². The predicted molar refractivity (Wildman–Crippen MR) is 58.4 cm³/mol. The van der Waals surface area contributed by atoms with Crippen LogP contribution < -0.4 is 10.6 Å². The van der Waals surface area contributed by atoms with E-state index in [4.69, 9.17) is 5.73 Å². The lowest BCUT2D eigenvalue weighted by atomic mass is 10.2. The van der Waals surface area contributed by atoms with Crippen LogP contribution in [0.15, 0.2) is 24.5 Å². The number of fused-ring (bicyclic) bond motifs is 1. The Bertz CT molecular complexity index is 421. The minimum atomic E-state index is 0.650. The van der Waals surface area contributed by atoms with Gasteiger partial charge < -0.3 is 15.6 Å². The molecule has 2 rings (SSSR count). The average molecular weight is 190 g/mol. The molecule has 1 aromatic carbocycles. The highest BCUT2D eigenvalue weighted by molar-refractivity contribution is 5.88. The molecule has 1 aromatic heterocycles. The fraction of sp³-hybridized carbons (Fsp3) is 0.300. The van der Waals surface area contributed by atoms with Gasteiger partial charge in [-0.15, -0.1) is 0 Å². The molecule has 0 unspecified atom stereocenters. The van der Waals surface area contributed by atoms with Crippen LogP contribution in [-0.2, 0) is 0 Å². The van der Waals surface area contributed by atoms with Gasteiger partial charge in [0.1, 0.15) is 5.52 Å². The van der Waals surface area contributed by atoms with E-state index in [0.29, 0.717) is 6.54 Å².